The molecular weight excluding hydrogens is 365 g/mol. The summed E-state index contributed by atoms with van der Waals surface area (Å²) in [6, 6.07) is 3.95. The van der Waals surface area contributed by atoms with Gasteiger partial charge in [-0.1, -0.05) is 29.3 Å². The van der Waals surface area contributed by atoms with Crippen LogP contribution in [0.4, 0.5) is 18.3 Å². The van der Waals surface area contributed by atoms with Crippen molar-refractivity contribution in [3.63, 3.8) is 0 Å². The molecule has 0 unspecified atom stereocenters. The van der Waals surface area contributed by atoms with E-state index in [0.29, 0.717) is 21.6 Å². The second kappa shape index (κ2) is 6.36. The van der Waals surface area contributed by atoms with Gasteiger partial charge in [-0.25, -0.2) is 4.98 Å². The van der Waals surface area contributed by atoms with Crippen LogP contribution in [-0.4, -0.2) is 4.98 Å². The minimum absolute atomic E-state index is 0.409. The van der Waals surface area contributed by atoms with Gasteiger partial charge in [0.15, 0.2) is 5.13 Å². The molecule has 0 amide bonds. The van der Waals surface area contributed by atoms with Gasteiger partial charge in [-0.15, -0.1) is 11.3 Å². The van der Waals surface area contributed by atoms with E-state index < -0.39 is 11.7 Å². The molecule has 0 spiro atoms. The average Bonchev–Trinajstić information content (AvgIpc) is 2.68. The molecule has 1 aromatic heterocycles. The summed E-state index contributed by atoms with van der Waals surface area (Å²) in [7, 11) is 0. The Morgan fingerprint density at radius 3 is 2.62 bits per heavy atom. The molecule has 21 heavy (non-hydrogen) atoms. The van der Waals surface area contributed by atoms with Crippen LogP contribution in [0.25, 0.3) is 0 Å². The van der Waals surface area contributed by atoms with E-state index in [2.05, 4.69) is 20.9 Å². The zero-order valence-electron chi connectivity index (χ0n) is 11.3. The first kappa shape index (κ1) is 16.3. The van der Waals surface area contributed by atoms with Crippen molar-refractivity contribution >= 4 is 32.4 Å². The van der Waals surface area contributed by atoms with E-state index in [1.807, 2.05) is 6.92 Å². The molecule has 2 aromatic rings. The molecule has 0 saturated carbocycles. The van der Waals surface area contributed by atoms with Crippen LogP contribution in [0, 0.1) is 0 Å². The fourth-order valence-corrected chi connectivity index (χ4v) is 3.53. The molecule has 0 fully saturated rings. The summed E-state index contributed by atoms with van der Waals surface area (Å²) in [6.07, 6.45) is -2.24. The first-order valence-electron chi connectivity index (χ1n) is 6.40. The number of alkyl halides is 3. The third-order valence-electron chi connectivity index (χ3n) is 2.93. The van der Waals surface area contributed by atoms with Crippen LogP contribution in [0.5, 0.6) is 0 Å². The number of hydrogen-bond donors (Lipinski definition) is 1. The lowest BCUT2D eigenvalue weighted by Gasteiger charge is -2.10. The smallest absolute Gasteiger partial charge is 0.375 e. The highest BCUT2D eigenvalue weighted by Crippen LogP contribution is 2.33. The fourth-order valence-electron chi connectivity index (χ4n) is 2.08. The van der Waals surface area contributed by atoms with Crippen molar-refractivity contribution in [2.24, 2.45) is 0 Å². The van der Waals surface area contributed by atoms with Crippen molar-refractivity contribution in [2.75, 3.05) is 5.73 Å². The van der Waals surface area contributed by atoms with Crippen molar-refractivity contribution in [3.8, 4) is 0 Å². The first-order valence-corrected chi connectivity index (χ1v) is 8.01. The van der Waals surface area contributed by atoms with Crippen LogP contribution in [0.15, 0.2) is 22.7 Å². The number of aryl methyl sites for hydroxylation is 1. The largest absolute Gasteiger partial charge is 0.416 e. The van der Waals surface area contributed by atoms with Crippen molar-refractivity contribution in [1.82, 2.24) is 4.98 Å². The predicted octanol–water partition coefficient (Wildman–Crippen LogP) is 5.05. The summed E-state index contributed by atoms with van der Waals surface area (Å²) in [5, 5.41) is 0.458. The van der Waals surface area contributed by atoms with Crippen LogP contribution in [0.2, 0.25) is 0 Å². The molecule has 0 saturated heterocycles. The summed E-state index contributed by atoms with van der Waals surface area (Å²) < 4.78 is 38.9. The Bertz CT molecular complexity index is 638. The van der Waals surface area contributed by atoms with E-state index in [-0.39, 0.29) is 0 Å². The van der Waals surface area contributed by atoms with Crippen LogP contribution in [0.3, 0.4) is 0 Å². The van der Waals surface area contributed by atoms with Gasteiger partial charge in [-0.2, -0.15) is 13.2 Å². The van der Waals surface area contributed by atoms with E-state index in [1.165, 1.54) is 17.4 Å². The van der Waals surface area contributed by atoms with Crippen molar-refractivity contribution < 1.29 is 13.2 Å². The molecule has 0 aliphatic rings. The third-order valence-corrected chi connectivity index (χ3v) is 4.32. The minimum atomic E-state index is -4.35. The molecule has 0 atom stereocenters. The molecule has 0 aliphatic heterocycles. The lowest BCUT2D eigenvalue weighted by Crippen LogP contribution is -2.06. The predicted molar refractivity (Wildman–Crippen MR) is 82.5 cm³/mol. The zero-order valence-corrected chi connectivity index (χ0v) is 13.7. The van der Waals surface area contributed by atoms with Gasteiger partial charge in [-0.05, 0) is 30.2 Å². The van der Waals surface area contributed by atoms with Gasteiger partial charge in [-0.3, -0.25) is 0 Å². The van der Waals surface area contributed by atoms with E-state index >= 15 is 0 Å². The zero-order chi connectivity index (χ0) is 15.6. The number of hydrogen-bond acceptors (Lipinski definition) is 3. The number of nitrogen functional groups attached to an aromatic ring is 1. The minimum Gasteiger partial charge on any atom is -0.375 e. The second-order valence-corrected chi connectivity index (χ2v) is 6.73. The number of rotatable bonds is 4. The summed E-state index contributed by atoms with van der Waals surface area (Å²) in [5.74, 6) is 0. The number of benzene rings is 1. The normalized spacial score (nSPS) is 11.9. The second-order valence-electron chi connectivity index (χ2n) is 4.69. The molecule has 2 rings (SSSR count). The Kier molecular flexibility index (Phi) is 4.93. The number of halogens is 4. The first-order chi connectivity index (χ1) is 9.79. The van der Waals surface area contributed by atoms with Crippen molar-refractivity contribution in [1.29, 1.82) is 0 Å². The lowest BCUT2D eigenvalue weighted by molar-refractivity contribution is -0.137. The summed E-state index contributed by atoms with van der Waals surface area (Å²) in [6.45, 7) is 2.03. The van der Waals surface area contributed by atoms with Gasteiger partial charge in [0.2, 0.25) is 0 Å². The maximum Gasteiger partial charge on any atom is 0.416 e. The maximum absolute atomic E-state index is 12.8. The van der Waals surface area contributed by atoms with Gasteiger partial charge in [0.05, 0.1) is 11.3 Å². The Labute approximate surface area is 133 Å². The van der Waals surface area contributed by atoms with Gasteiger partial charge in [0, 0.05) is 15.8 Å². The highest BCUT2D eigenvalue weighted by molar-refractivity contribution is 9.10. The summed E-state index contributed by atoms with van der Waals surface area (Å²) >= 11 is 4.47. The van der Waals surface area contributed by atoms with Crippen molar-refractivity contribution in [3.05, 3.63) is 44.4 Å². The van der Waals surface area contributed by atoms with Gasteiger partial charge < -0.3 is 5.73 Å². The molecule has 2 nitrogen and oxygen atoms in total. The number of nitrogens with two attached hydrogens (primary N) is 1. The summed E-state index contributed by atoms with van der Waals surface area (Å²) in [5.41, 5.74) is 6.54. The van der Waals surface area contributed by atoms with Crippen LogP contribution >= 0.6 is 27.3 Å². The van der Waals surface area contributed by atoms with E-state index in [1.54, 1.807) is 6.07 Å². The highest BCUT2D eigenvalue weighted by Gasteiger charge is 2.31. The standard InChI is InChI=1S/C14H14BrF3N2S/c1-2-3-11-12(21-13(19)20-11)6-8-4-9(14(16,17)18)7-10(15)5-8/h4-5,7H,2-3,6H2,1H3,(H2,19,20). The molecule has 2 N–H and O–H groups in total. The number of aromatic nitrogens is 1. The third kappa shape index (κ3) is 4.20. The van der Waals surface area contributed by atoms with Crippen LogP contribution in [-0.2, 0) is 19.0 Å². The van der Waals surface area contributed by atoms with E-state index in [4.69, 9.17) is 5.73 Å². The quantitative estimate of drug-likeness (QED) is 0.808. The Morgan fingerprint density at radius 1 is 1.29 bits per heavy atom. The number of thiazole rings is 1. The molecule has 0 radical (unpaired) electrons. The molecule has 0 bridgehead atoms. The number of nitrogens with zero attached hydrogens (tertiary/aromatic N) is 1. The van der Waals surface area contributed by atoms with Crippen LogP contribution < -0.4 is 5.73 Å². The van der Waals surface area contributed by atoms with Gasteiger partial charge >= 0.3 is 6.18 Å². The molecule has 7 heteroatoms. The SMILES string of the molecule is CCCc1nc(N)sc1Cc1cc(Br)cc(C(F)(F)F)c1. The van der Waals surface area contributed by atoms with Crippen LogP contribution in [0.1, 0.15) is 35.0 Å². The molecular formula is C14H14BrF3N2S. The van der Waals surface area contributed by atoms with E-state index in [9.17, 15) is 13.2 Å². The Balaban J connectivity index is 2.33. The molecule has 1 heterocycles. The highest BCUT2D eigenvalue weighted by atomic mass is 79.9. The van der Waals surface area contributed by atoms with Gasteiger partial charge in [0.1, 0.15) is 0 Å². The fraction of sp³-hybridized carbons (Fsp3) is 0.357. The Hall–Kier alpha value is -1.08. The molecule has 1 aromatic carbocycles. The monoisotopic (exact) mass is 378 g/mol. The van der Waals surface area contributed by atoms with Crippen molar-refractivity contribution in [2.45, 2.75) is 32.4 Å². The summed E-state index contributed by atoms with van der Waals surface area (Å²) in [4.78, 5) is 5.18. The maximum atomic E-state index is 12.8. The molecule has 114 valence electrons. The molecule has 0 aliphatic carbocycles. The number of anilines is 1. The topological polar surface area (TPSA) is 38.9 Å². The average molecular weight is 379 g/mol. The lowest BCUT2D eigenvalue weighted by atomic mass is 10.1. The Morgan fingerprint density at radius 2 is 2.00 bits per heavy atom. The van der Waals surface area contributed by atoms with Gasteiger partial charge in [0.25, 0.3) is 0 Å². The van der Waals surface area contributed by atoms with E-state index in [0.717, 1.165) is 29.5 Å².